The van der Waals surface area contributed by atoms with Crippen LogP contribution in [0, 0.1) is 18.3 Å². The van der Waals surface area contributed by atoms with Crippen molar-refractivity contribution in [2.75, 3.05) is 13.1 Å². The third-order valence-electron chi connectivity index (χ3n) is 5.05. The fourth-order valence-corrected chi connectivity index (χ4v) is 3.49. The first-order valence-electron chi connectivity index (χ1n) is 9.61. The number of rotatable bonds is 3. The molecule has 1 saturated heterocycles. The summed E-state index contributed by atoms with van der Waals surface area (Å²) in [5.41, 5.74) is 1.16. The second-order valence-electron chi connectivity index (χ2n) is 8.37. The van der Waals surface area contributed by atoms with Crippen molar-refractivity contribution in [3.05, 3.63) is 46.0 Å². The number of pyridine rings is 1. The van der Waals surface area contributed by atoms with Gasteiger partial charge in [0.15, 0.2) is 0 Å². The van der Waals surface area contributed by atoms with Gasteiger partial charge in [-0.3, -0.25) is 18.8 Å². The number of fused-ring (bicyclic) bond motifs is 1. The Kier molecular flexibility index (Phi) is 5.54. The lowest BCUT2D eigenvalue weighted by Gasteiger charge is -2.34. The van der Waals surface area contributed by atoms with Crippen molar-refractivity contribution in [3.63, 3.8) is 0 Å². The predicted molar refractivity (Wildman–Crippen MR) is 105 cm³/mol. The lowest BCUT2D eigenvalue weighted by Crippen LogP contribution is -2.45. The molecule has 2 aromatic rings. The van der Waals surface area contributed by atoms with Gasteiger partial charge in [0.25, 0.3) is 5.56 Å². The molecule has 3 rings (SSSR count). The van der Waals surface area contributed by atoms with E-state index >= 15 is 0 Å². The standard InChI is InChI=1S/C21H27N3O4/c1-14-6-5-7-17-22-16(12-18(25)24(14)17)13-28-19(26)15-8-10-23(11-9-15)20(27)21(2,3)4/h5-7,12,15H,8-11,13H2,1-4H3. The van der Waals surface area contributed by atoms with E-state index in [4.69, 9.17) is 4.74 Å². The molecule has 7 heteroatoms. The fourth-order valence-electron chi connectivity index (χ4n) is 3.49. The lowest BCUT2D eigenvalue weighted by molar-refractivity contribution is -0.154. The van der Waals surface area contributed by atoms with E-state index < -0.39 is 5.41 Å². The Hall–Kier alpha value is -2.70. The second kappa shape index (κ2) is 7.73. The molecule has 7 nitrogen and oxygen atoms in total. The van der Waals surface area contributed by atoms with Gasteiger partial charge in [0.1, 0.15) is 12.3 Å². The van der Waals surface area contributed by atoms with E-state index in [9.17, 15) is 14.4 Å². The molecule has 0 unspecified atom stereocenters. The Bertz CT molecular complexity index is 950. The van der Waals surface area contributed by atoms with E-state index in [2.05, 4.69) is 4.98 Å². The van der Waals surface area contributed by atoms with Gasteiger partial charge in [0.2, 0.25) is 5.91 Å². The van der Waals surface area contributed by atoms with Crippen LogP contribution >= 0.6 is 0 Å². The van der Waals surface area contributed by atoms with Crippen molar-refractivity contribution in [1.29, 1.82) is 0 Å². The quantitative estimate of drug-likeness (QED) is 0.758. The summed E-state index contributed by atoms with van der Waals surface area (Å²) in [6.45, 7) is 8.63. The summed E-state index contributed by atoms with van der Waals surface area (Å²) in [6, 6.07) is 6.83. The SMILES string of the molecule is Cc1cccc2nc(COC(=O)C3CCN(C(=O)C(C)(C)C)CC3)cc(=O)n12. The molecule has 0 radical (unpaired) electrons. The third kappa shape index (κ3) is 4.24. The minimum atomic E-state index is -0.415. The van der Waals surface area contributed by atoms with Crippen molar-refractivity contribution in [1.82, 2.24) is 14.3 Å². The van der Waals surface area contributed by atoms with Gasteiger partial charge in [-0.05, 0) is 31.9 Å². The number of hydrogen-bond acceptors (Lipinski definition) is 5. The molecule has 0 aromatic carbocycles. The third-order valence-corrected chi connectivity index (χ3v) is 5.05. The molecule has 0 saturated carbocycles. The number of esters is 1. The maximum atomic E-state index is 12.4. The van der Waals surface area contributed by atoms with Crippen LogP contribution in [0.2, 0.25) is 0 Å². The average Bonchev–Trinajstić information content (AvgIpc) is 2.64. The molecule has 0 bridgehead atoms. The monoisotopic (exact) mass is 385 g/mol. The fraction of sp³-hybridized carbons (Fsp3) is 0.524. The minimum absolute atomic E-state index is 0.0281. The van der Waals surface area contributed by atoms with Crippen LogP contribution in [0.15, 0.2) is 29.1 Å². The highest BCUT2D eigenvalue weighted by Crippen LogP contribution is 2.24. The first-order valence-corrected chi connectivity index (χ1v) is 9.61. The molecule has 0 aliphatic carbocycles. The topological polar surface area (TPSA) is 81.0 Å². The van der Waals surface area contributed by atoms with Crippen molar-refractivity contribution in [2.45, 2.75) is 47.1 Å². The molecule has 2 aromatic heterocycles. The molecule has 1 aliphatic heterocycles. The van der Waals surface area contributed by atoms with Crippen molar-refractivity contribution in [3.8, 4) is 0 Å². The maximum Gasteiger partial charge on any atom is 0.309 e. The lowest BCUT2D eigenvalue weighted by atomic mass is 9.91. The Labute approximate surface area is 164 Å². The highest BCUT2D eigenvalue weighted by atomic mass is 16.5. The van der Waals surface area contributed by atoms with Gasteiger partial charge in [0, 0.05) is 30.3 Å². The Balaban J connectivity index is 1.59. The molecular formula is C21H27N3O4. The van der Waals surface area contributed by atoms with E-state index in [-0.39, 0.29) is 30.0 Å². The maximum absolute atomic E-state index is 12.4. The number of carbonyl (C=O) groups is 2. The average molecular weight is 385 g/mol. The number of likely N-dealkylation sites (tertiary alicyclic amines) is 1. The van der Waals surface area contributed by atoms with E-state index in [1.807, 2.05) is 44.7 Å². The Morgan fingerprint density at radius 3 is 2.54 bits per heavy atom. The van der Waals surface area contributed by atoms with Gasteiger partial charge >= 0.3 is 5.97 Å². The van der Waals surface area contributed by atoms with E-state index in [1.165, 1.54) is 10.5 Å². The molecule has 0 atom stereocenters. The van der Waals surface area contributed by atoms with Crippen LogP contribution in [0.1, 0.15) is 45.0 Å². The molecule has 0 spiro atoms. The van der Waals surface area contributed by atoms with Gasteiger partial charge in [-0.15, -0.1) is 0 Å². The molecule has 150 valence electrons. The van der Waals surface area contributed by atoms with Crippen molar-refractivity contribution in [2.24, 2.45) is 11.3 Å². The molecule has 1 aliphatic rings. The Morgan fingerprint density at radius 2 is 1.89 bits per heavy atom. The van der Waals surface area contributed by atoms with Gasteiger partial charge in [0.05, 0.1) is 11.6 Å². The molecule has 3 heterocycles. The normalized spacial score (nSPS) is 15.6. The van der Waals surface area contributed by atoms with Crippen LogP contribution in [0.5, 0.6) is 0 Å². The number of hydrogen-bond donors (Lipinski definition) is 0. The number of aryl methyl sites for hydroxylation is 1. The zero-order valence-corrected chi connectivity index (χ0v) is 16.9. The number of ether oxygens (including phenoxy) is 1. The van der Waals surface area contributed by atoms with Crippen LogP contribution in [0.3, 0.4) is 0 Å². The summed E-state index contributed by atoms with van der Waals surface area (Å²) < 4.78 is 6.93. The summed E-state index contributed by atoms with van der Waals surface area (Å²) in [4.78, 5) is 43.3. The van der Waals surface area contributed by atoms with Gasteiger partial charge < -0.3 is 9.64 Å². The van der Waals surface area contributed by atoms with Crippen LogP contribution in [-0.2, 0) is 20.9 Å². The van der Waals surface area contributed by atoms with Gasteiger partial charge in [-0.1, -0.05) is 26.8 Å². The first kappa shape index (κ1) is 20.0. The van der Waals surface area contributed by atoms with Crippen LogP contribution < -0.4 is 5.56 Å². The summed E-state index contributed by atoms with van der Waals surface area (Å²) in [5, 5.41) is 0. The summed E-state index contributed by atoms with van der Waals surface area (Å²) >= 11 is 0. The van der Waals surface area contributed by atoms with Crippen LogP contribution in [-0.4, -0.2) is 39.3 Å². The molecule has 28 heavy (non-hydrogen) atoms. The van der Waals surface area contributed by atoms with E-state index in [0.717, 1.165) is 5.69 Å². The number of amides is 1. The predicted octanol–water partition coefficient (Wildman–Crippen LogP) is 2.33. The van der Waals surface area contributed by atoms with Crippen LogP contribution in [0.25, 0.3) is 5.65 Å². The zero-order chi connectivity index (χ0) is 20.5. The minimum Gasteiger partial charge on any atom is -0.459 e. The summed E-state index contributed by atoms with van der Waals surface area (Å²) in [5.74, 6) is -0.419. The van der Waals surface area contributed by atoms with E-state index in [0.29, 0.717) is 37.3 Å². The zero-order valence-electron chi connectivity index (χ0n) is 16.9. The highest BCUT2D eigenvalue weighted by Gasteiger charge is 2.33. The number of nitrogens with zero attached hydrogens (tertiary/aromatic N) is 3. The van der Waals surface area contributed by atoms with E-state index in [1.54, 1.807) is 6.07 Å². The van der Waals surface area contributed by atoms with Gasteiger partial charge in [-0.25, -0.2) is 4.98 Å². The molecule has 0 N–H and O–H groups in total. The summed E-state index contributed by atoms with van der Waals surface area (Å²) in [7, 11) is 0. The smallest absolute Gasteiger partial charge is 0.309 e. The highest BCUT2D eigenvalue weighted by molar-refractivity contribution is 5.82. The molecular weight excluding hydrogens is 358 g/mol. The Morgan fingerprint density at radius 1 is 1.21 bits per heavy atom. The largest absolute Gasteiger partial charge is 0.459 e. The van der Waals surface area contributed by atoms with Crippen molar-refractivity contribution >= 4 is 17.5 Å². The van der Waals surface area contributed by atoms with Gasteiger partial charge in [-0.2, -0.15) is 0 Å². The number of piperidine rings is 1. The van der Waals surface area contributed by atoms with Crippen LogP contribution in [0.4, 0.5) is 0 Å². The summed E-state index contributed by atoms with van der Waals surface area (Å²) in [6.07, 6.45) is 1.18. The molecule has 1 amide bonds. The number of aromatic nitrogens is 2. The second-order valence-corrected chi connectivity index (χ2v) is 8.37. The first-order chi connectivity index (χ1) is 13.2. The molecule has 1 fully saturated rings. The van der Waals surface area contributed by atoms with Crippen molar-refractivity contribution < 1.29 is 14.3 Å². The number of carbonyl (C=O) groups excluding carboxylic acids is 2.